The number of carboxylic acid groups (broad SMARTS) is 1. The minimum atomic E-state index is -1.69. The van der Waals surface area contributed by atoms with E-state index in [1.54, 1.807) is 13.8 Å². The summed E-state index contributed by atoms with van der Waals surface area (Å²) in [5.41, 5.74) is 6.09. The Morgan fingerprint density at radius 3 is 2.25 bits per heavy atom. The first-order valence-corrected chi connectivity index (χ1v) is 17.2. The molecule has 0 radical (unpaired) electrons. The third kappa shape index (κ3) is 12.7. The number of carbonyl (C=O) groups excluding carboxylic acids is 5. The Morgan fingerprint density at radius 1 is 0.941 bits per heavy atom. The molecule has 1 heterocycles. The van der Waals surface area contributed by atoms with E-state index in [-0.39, 0.29) is 41.9 Å². The number of aliphatic hydroxyl groups excluding tert-OH is 1. The van der Waals surface area contributed by atoms with Crippen molar-refractivity contribution in [2.24, 2.45) is 23.5 Å². The maximum Gasteiger partial charge on any atom is 0.335 e. The lowest BCUT2D eigenvalue weighted by Crippen LogP contribution is -2.60. The van der Waals surface area contributed by atoms with Crippen molar-refractivity contribution in [3.8, 4) is 0 Å². The summed E-state index contributed by atoms with van der Waals surface area (Å²) in [4.78, 5) is 77.1. The van der Waals surface area contributed by atoms with Crippen molar-refractivity contribution < 1.29 is 39.0 Å². The maximum atomic E-state index is 13.8. The second-order valence-electron chi connectivity index (χ2n) is 13.7. The highest BCUT2D eigenvalue weighted by Crippen LogP contribution is 2.28. The van der Waals surface area contributed by atoms with Gasteiger partial charge in [0.1, 0.15) is 18.1 Å². The van der Waals surface area contributed by atoms with Crippen LogP contribution in [0.2, 0.25) is 0 Å². The molecular weight excluding hydrogens is 664 g/mol. The van der Waals surface area contributed by atoms with Crippen LogP contribution >= 0.6 is 0 Å². The van der Waals surface area contributed by atoms with Crippen molar-refractivity contribution in [3.05, 3.63) is 35.7 Å². The van der Waals surface area contributed by atoms with Crippen molar-refractivity contribution in [1.29, 1.82) is 0 Å². The van der Waals surface area contributed by atoms with Crippen molar-refractivity contribution in [3.63, 3.8) is 0 Å². The summed E-state index contributed by atoms with van der Waals surface area (Å²) in [5.74, 6) is -5.19. The fraction of sp³-hybridized carbons (Fsp3) is 0.606. The summed E-state index contributed by atoms with van der Waals surface area (Å²) < 4.78 is 0. The molecule has 1 aliphatic rings. The molecule has 18 nitrogen and oxygen atoms in total. The topological polar surface area (TPSA) is 284 Å². The SMILES string of the molecule is CC(C)C[C@H](NC(=O)[C@@H](NC(=O)[C@@H](N)CNC(=O)c1nnn[nH]1)C(C)C)C(=O)N[C@@H](CC1CCCCC1)[C@@H](O)C(=O)Nc1cccc(C(=O)O)c1. The number of H-pyrrole nitrogens is 1. The Balaban J connectivity index is 1.72. The average molecular weight is 715 g/mol. The molecular formula is C33H50N10O8. The van der Waals surface area contributed by atoms with Gasteiger partial charge in [0.15, 0.2) is 6.10 Å². The van der Waals surface area contributed by atoms with E-state index in [4.69, 9.17) is 5.73 Å². The number of aliphatic hydroxyl groups is 1. The highest BCUT2D eigenvalue weighted by Gasteiger charge is 2.35. The van der Waals surface area contributed by atoms with Gasteiger partial charge in [0, 0.05) is 12.2 Å². The second kappa shape index (κ2) is 19.4. The number of benzene rings is 1. The lowest BCUT2D eigenvalue weighted by molar-refractivity contribution is -0.134. The van der Waals surface area contributed by atoms with E-state index in [2.05, 4.69) is 47.2 Å². The van der Waals surface area contributed by atoms with Gasteiger partial charge in [0.05, 0.1) is 11.6 Å². The predicted octanol–water partition coefficient (Wildman–Crippen LogP) is 0.0815. The first kappa shape index (κ1) is 40.5. The van der Waals surface area contributed by atoms with Crippen LogP contribution in [-0.4, -0.2) is 103 Å². The minimum absolute atomic E-state index is 0.0492. The molecule has 1 saturated carbocycles. The molecule has 2 aromatic rings. The molecule has 1 aliphatic carbocycles. The number of hydrogen-bond donors (Lipinski definition) is 9. The van der Waals surface area contributed by atoms with Crippen LogP contribution in [0.3, 0.4) is 0 Å². The zero-order valence-electron chi connectivity index (χ0n) is 29.3. The van der Waals surface area contributed by atoms with Crippen LogP contribution in [0.5, 0.6) is 0 Å². The van der Waals surface area contributed by atoms with Crippen LogP contribution in [0.15, 0.2) is 24.3 Å². The van der Waals surface area contributed by atoms with E-state index in [1.165, 1.54) is 24.3 Å². The van der Waals surface area contributed by atoms with E-state index in [9.17, 15) is 39.0 Å². The third-order valence-electron chi connectivity index (χ3n) is 8.63. The number of nitrogens with zero attached hydrogens (tertiary/aromatic N) is 3. The molecule has 5 atom stereocenters. The highest BCUT2D eigenvalue weighted by molar-refractivity contribution is 5.97. The van der Waals surface area contributed by atoms with Gasteiger partial charge in [-0.25, -0.2) is 9.89 Å². The number of aromatic carboxylic acids is 1. The van der Waals surface area contributed by atoms with E-state index in [1.807, 2.05) is 13.8 Å². The number of rotatable bonds is 18. The number of amides is 5. The summed E-state index contributed by atoms with van der Waals surface area (Å²) in [6.45, 7) is 6.85. The molecule has 280 valence electrons. The third-order valence-corrected chi connectivity index (χ3v) is 8.63. The fourth-order valence-electron chi connectivity index (χ4n) is 5.86. The summed E-state index contributed by atoms with van der Waals surface area (Å²) in [6, 6.07) is 1.15. The largest absolute Gasteiger partial charge is 0.478 e. The lowest BCUT2D eigenvalue weighted by Gasteiger charge is -2.32. The Bertz CT molecular complexity index is 1500. The smallest absolute Gasteiger partial charge is 0.335 e. The molecule has 0 spiro atoms. The number of carboxylic acids is 1. The first-order chi connectivity index (χ1) is 24.2. The highest BCUT2D eigenvalue weighted by atomic mass is 16.4. The Morgan fingerprint density at radius 2 is 1.65 bits per heavy atom. The van der Waals surface area contributed by atoms with Crippen LogP contribution in [-0.2, 0) is 19.2 Å². The van der Waals surface area contributed by atoms with Crippen LogP contribution in [0, 0.1) is 17.8 Å². The van der Waals surface area contributed by atoms with E-state index in [0.717, 1.165) is 32.1 Å². The number of hydrogen-bond acceptors (Lipinski definition) is 11. The molecule has 0 saturated heterocycles. The molecule has 10 N–H and O–H groups in total. The van der Waals surface area contributed by atoms with Crippen molar-refractivity contribution >= 4 is 41.2 Å². The van der Waals surface area contributed by atoms with Gasteiger partial charge >= 0.3 is 5.97 Å². The molecule has 1 aromatic carbocycles. The van der Waals surface area contributed by atoms with Crippen molar-refractivity contribution in [1.82, 2.24) is 41.9 Å². The summed E-state index contributed by atoms with van der Waals surface area (Å²) in [5, 5.41) is 46.1. The maximum absolute atomic E-state index is 13.8. The Kier molecular flexibility index (Phi) is 15.4. The van der Waals surface area contributed by atoms with Crippen LogP contribution in [0.1, 0.15) is 93.6 Å². The molecule has 18 heteroatoms. The van der Waals surface area contributed by atoms with Gasteiger partial charge in [0.25, 0.3) is 11.8 Å². The van der Waals surface area contributed by atoms with E-state index >= 15 is 0 Å². The summed E-state index contributed by atoms with van der Waals surface area (Å²) in [6.07, 6.45) is 3.61. The Hall–Kier alpha value is -4.97. The molecule has 5 amide bonds. The number of anilines is 1. The van der Waals surface area contributed by atoms with Gasteiger partial charge in [-0.1, -0.05) is 65.9 Å². The molecule has 0 aliphatic heterocycles. The number of carbonyl (C=O) groups is 6. The quantitative estimate of drug-likeness (QED) is 0.0993. The van der Waals surface area contributed by atoms with Gasteiger partial charge < -0.3 is 42.5 Å². The zero-order valence-corrected chi connectivity index (χ0v) is 29.3. The van der Waals surface area contributed by atoms with Crippen LogP contribution in [0.4, 0.5) is 5.69 Å². The van der Waals surface area contributed by atoms with Gasteiger partial charge in [-0.2, -0.15) is 0 Å². The molecule has 1 fully saturated rings. The van der Waals surface area contributed by atoms with Gasteiger partial charge in [-0.15, -0.1) is 5.10 Å². The average Bonchev–Trinajstić information content (AvgIpc) is 3.64. The number of tetrazole rings is 1. The predicted molar refractivity (Wildman–Crippen MR) is 184 cm³/mol. The van der Waals surface area contributed by atoms with E-state index < -0.39 is 71.7 Å². The van der Waals surface area contributed by atoms with Crippen LogP contribution in [0.25, 0.3) is 0 Å². The minimum Gasteiger partial charge on any atom is -0.478 e. The molecule has 3 rings (SSSR count). The Labute approximate surface area is 295 Å². The molecule has 0 unspecified atom stereocenters. The van der Waals surface area contributed by atoms with Crippen LogP contribution < -0.4 is 32.3 Å². The first-order valence-electron chi connectivity index (χ1n) is 17.2. The van der Waals surface area contributed by atoms with Gasteiger partial charge in [-0.05, 0) is 59.2 Å². The lowest BCUT2D eigenvalue weighted by atomic mass is 9.83. The zero-order chi connectivity index (χ0) is 37.7. The summed E-state index contributed by atoms with van der Waals surface area (Å²) in [7, 11) is 0. The monoisotopic (exact) mass is 714 g/mol. The van der Waals surface area contributed by atoms with Crippen molar-refractivity contribution in [2.45, 2.75) is 103 Å². The number of aromatic amines is 1. The van der Waals surface area contributed by atoms with E-state index in [0.29, 0.717) is 6.42 Å². The standard InChI is InChI=1S/C33H50N10O8/c1-17(2)13-24(38-30(47)25(18(3)4)39-28(45)22(34)16-35-32(49)27-40-42-43-41-27)29(46)37-23(14-19-9-6-5-7-10-19)26(44)31(48)36-21-12-8-11-20(15-21)33(50)51/h8,11-12,15,17-19,22-26,44H,5-7,9-10,13-14,16,34H2,1-4H3,(H,35,49)(H,36,48)(H,37,46)(H,38,47)(H,39,45)(H,50,51)(H,40,41,42,43)/t22-,23-,24-,25-,26+/m0/s1. The molecule has 1 aromatic heterocycles. The van der Waals surface area contributed by atoms with Gasteiger partial charge in [-0.3, -0.25) is 24.0 Å². The number of nitrogens with two attached hydrogens (primary N) is 1. The normalized spacial score (nSPS) is 16.3. The van der Waals surface area contributed by atoms with Crippen molar-refractivity contribution in [2.75, 3.05) is 11.9 Å². The number of nitrogens with one attached hydrogen (secondary N) is 6. The second-order valence-corrected chi connectivity index (χ2v) is 13.7. The summed E-state index contributed by atoms with van der Waals surface area (Å²) >= 11 is 0. The number of aromatic nitrogens is 4. The molecule has 51 heavy (non-hydrogen) atoms. The fourth-order valence-corrected chi connectivity index (χ4v) is 5.86. The van der Waals surface area contributed by atoms with Gasteiger partial charge in [0.2, 0.25) is 23.5 Å². The molecule has 0 bridgehead atoms.